The van der Waals surface area contributed by atoms with Crippen molar-refractivity contribution >= 4 is 53.1 Å². The lowest BCUT2D eigenvalue weighted by Gasteiger charge is -2.21. The molecule has 11 aromatic rings. The average Bonchev–Trinajstić information content (AvgIpc) is 3.81. The molecule has 0 bridgehead atoms. The summed E-state index contributed by atoms with van der Waals surface area (Å²) >= 11 is 1.88. The summed E-state index contributed by atoms with van der Waals surface area (Å²) in [4.78, 5) is 15.8. The van der Waals surface area contributed by atoms with E-state index in [1.165, 1.54) is 58.9 Å². The lowest BCUT2D eigenvalue weighted by molar-refractivity contribution is 0.660. The van der Waals surface area contributed by atoms with Crippen LogP contribution < -0.4 is 0 Å². The Balaban J connectivity index is 1.04. The van der Waals surface area contributed by atoms with Gasteiger partial charge in [0, 0.05) is 42.3 Å². The number of aromatic nitrogens is 3. The van der Waals surface area contributed by atoms with E-state index in [0.717, 1.165) is 44.0 Å². The van der Waals surface area contributed by atoms with Crippen molar-refractivity contribution in [3.63, 3.8) is 0 Å². The van der Waals surface area contributed by atoms with Gasteiger partial charge in [-0.15, -0.1) is 11.3 Å². The summed E-state index contributed by atoms with van der Waals surface area (Å²) < 4.78 is 2.56. The molecule has 3 nitrogen and oxygen atoms in total. The normalized spacial score (nSPS) is 13.0. The topological polar surface area (TPSA) is 38.7 Å². The van der Waals surface area contributed by atoms with E-state index in [4.69, 9.17) is 15.0 Å². The molecule has 1 aliphatic rings. The number of fused-ring (bicyclic) bond motifs is 9. The van der Waals surface area contributed by atoms with Crippen LogP contribution in [0.4, 0.5) is 0 Å². The molecule has 0 unspecified atom stereocenters. The Kier molecular flexibility index (Phi) is 7.75. The van der Waals surface area contributed by atoms with Crippen LogP contribution in [0, 0.1) is 0 Å². The van der Waals surface area contributed by atoms with E-state index in [1.54, 1.807) is 0 Å². The molecule has 0 fully saturated rings. The summed E-state index contributed by atoms with van der Waals surface area (Å²) in [6.07, 6.45) is 0. The Morgan fingerprint density at radius 3 is 1.83 bits per heavy atom. The molecule has 0 amide bonds. The fourth-order valence-corrected chi connectivity index (χ4v) is 10.9. The minimum atomic E-state index is -0.0220. The summed E-state index contributed by atoms with van der Waals surface area (Å²) in [6.45, 7) is 4.68. The molecule has 60 heavy (non-hydrogen) atoms. The van der Waals surface area contributed by atoms with E-state index in [1.807, 2.05) is 17.4 Å². The van der Waals surface area contributed by atoms with E-state index >= 15 is 0 Å². The molecule has 0 N–H and O–H groups in total. The Labute approximate surface area is 352 Å². The molecule has 2 heterocycles. The van der Waals surface area contributed by atoms with Crippen LogP contribution in [-0.2, 0) is 5.41 Å². The summed E-state index contributed by atoms with van der Waals surface area (Å²) in [5, 5.41) is 7.10. The smallest absolute Gasteiger partial charge is 0.164 e. The van der Waals surface area contributed by atoms with Crippen LogP contribution in [0.25, 0.3) is 109 Å². The van der Waals surface area contributed by atoms with Gasteiger partial charge in [-0.3, -0.25) is 0 Å². The molecule has 282 valence electrons. The fourth-order valence-electron chi connectivity index (χ4n) is 9.60. The number of nitrogens with zero attached hydrogens (tertiary/aromatic N) is 3. The van der Waals surface area contributed by atoms with E-state index < -0.39 is 0 Å². The molecule has 12 rings (SSSR count). The molecule has 4 heteroatoms. The van der Waals surface area contributed by atoms with Gasteiger partial charge in [0.05, 0.1) is 0 Å². The second kappa shape index (κ2) is 13.4. The van der Waals surface area contributed by atoms with Crippen LogP contribution in [0.1, 0.15) is 25.0 Å². The lowest BCUT2D eigenvalue weighted by Crippen LogP contribution is -2.14. The highest BCUT2D eigenvalue weighted by Crippen LogP contribution is 2.51. The Morgan fingerprint density at radius 1 is 0.367 bits per heavy atom. The van der Waals surface area contributed by atoms with Gasteiger partial charge in [0.25, 0.3) is 0 Å². The first kappa shape index (κ1) is 34.7. The van der Waals surface area contributed by atoms with Crippen LogP contribution in [-0.4, -0.2) is 15.0 Å². The molecular formula is C56H37N3S. The van der Waals surface area contributed by atoms with Crippen molar-refractivity contribution in [2.45, 2.75) is 19.3 Å². The summed E-state index contributed by atoms with van der Waals surface area (Å²) in [5.74, 6) is 1.95. The molecule has 1 aliphatic carbocycles. The van der Waals surface area contributed by atoms with Crippen molar-refractivity contribution < 1.29 is 0 Å². The highest BCUT2D eigenvalue weighted by atomic mass is 32.1. The first-order chi connectivity index (χ1) is 29.5. The molecule has 0 saturated carbocycles. The highest BCUT2D eigenvalue weighted by Gasteiger charge is 2.35. The zero-order valence-electron chi connectivity index (χ0n) is 33.1. The van der Waals surface area contributed by atoms with E-state index in [0.29, 0.717) is 17.5 Å². The molecular weight excluding hydrogens is 747 g/mol. The van der Waals surface area contributed by atoms with Crippen molar-refractivity contribution in [3.05, 3.63) is 199 Å². The molecule has 0 spiro atoms. The van der Waals surface area contributed by atoms with Crippen molar-refractivity contribution in [3.8, 4) is 67.5 Å². The lowest BCUT2D eigenvalue weighted by atomic mass is 9.82. The van der Waals surface area contributed by atoms with Crippen molar-refractivity contribution in [1.29, 1.82) is 0 Å². The molecule has 0 saturated heterocycles. The minimum Gasteiger partial charge on any atom is -0.208 e. The number of hydrogen-bond acceptors (Lipinski definition) is 4. The third kappa shape index (κ3) is 5.38. The second-order valence-electron chi connectivity index (χ2n) is 16.3. The largest absolute Gasteiger partial charge is 0.208 e. The standard InChI is InChI=1S/C56H37N3S/c1-56(2)48-27-9-8-21-42(48)47-33-37(28-30-49(47)56)40-22-12-26-46-51-43-23-13-25-45(41(43)29-31-50(51)60-52(40)46)55-58-53(38-19-10-18-36(32-38)34-14-4-3-5-15-34)57-54(59-55)44-24-11-17-35-16-6-7-20-39(35)44/h3-33H,1-2H3. The average molecular weight is 784 g/mol. The van der Waals surface area contributed by atoms with Crippen LogP contribution in [0.2, 0.25) is 0 Å². The van der Waals surface area contributed by atoms with Gasteiger partial charge in [-0.25, -0.2) is 15.0 Å². The third-order valence-corrected chi connectivity index (χ3v) is 13.8. The first-order valence-electron chi connectivity index (χ1n) is 20.5. The van der Waals surface area contributed by atoms with Crippen LogP contribution in [0.15, 0.2) is 188 Å². The molecule has 2 aromatic heterocycles. The summed E-state index contributed by atoms with van der Waals surface area (Å²) in [6, 6.07) is 67.6. The van der Waals surface area contributed by atoms with Gasteiger partial charge in [0.15, 0.2) is 17.5 Å². The van der Waals surface area contributed by atoms with Crippen molar-refractivity contribution in [2.75, 3.05) is 0 Å². The summed E-state index contributed by atoms with van der Waals surface area (Å²) in [5.41, 5.74) is 13.1. The van der Waals surface area contributed by atoms with Crippen molar-refractivity contribution in [2.24, 2.45) is 0 Å². The SMILES string of the molecule is CC1(C)c2ccccc2-c2cc(-c3cccc4c3sc3ccc5c(-c6nc(-c7cccc(-c8ccccc8)c7)nc(-c7cccc8ccccc78)n6)cccc5c34)ccc21. The zero-order chi connectivity index (χ0) is 40.0. The Morgan fingerprint density at radius 2 is 0.967 bits per heavy atom. The molecule has 0 radical (unpaired) electrons. The van der Waals surface area contributed by atoms with Gasteiger partial charge < -0.3 is 0 Å². The number of thiophene rings is 1. The number of rotatable bonds is 5. The van der Waals surface area contributed by atoms with E-state index in [2.05, 4.69) is 196 Å². The Bertz CT molecular complexity index is 3520. The predicted octanol–water partition coefficient (Wildman–Crippen LogP) is 15.2. The zero-order valence-corrected chi connectivity index (χ0v) is 34.0. The predicted molar refractivity (Wildman–Crippen MR) is 252 cm³/mol. The first-order valence-corrected chi connectivity index (χ1v) is 21.3. The van der Waals surface area contributed by atoms with E-state index in [9.17, 15) is 0 Å². The maximum atomic E-state index is 5.30. The highest BCUT2D eigenvalue weighted by molar-refractivity contribution is 7.26. The minimum absolute atomic E-state index is 0.0220. The van der Waals surface area contributed by atoms with Gasteiger partial charge in [-0.1, -0.05) is 184 Å². The van der Waals surface area contributed by atoms with Crippen molar-refractivity contribution in [1.82, 2.24) is 15.0 Å². The molecule has 0 atom stereocenters. The number of hydrogen-bond donors (Lipinski definition) is 0. The van der Waals surface area contributed by atoms with Crippen LogP contribution >= 0.6 is 11.3 Å². The van der Waals surface area contributed by atoms with Gasteiger partial charge in [-0.2, -0.15) is 0 Å². The fraction of sp³-hybridized carbons (Fsp3) is 0.0536. The molecule has 9 aromatic carbocycles. The van der Waals surface area contributed by atoms with Gasteiger partial charge in [0.2, 0.25) is 0 Å². The van der Waals surface area contributed by atoms with Gasteiger partial charge in [-0.05, 0) is 84.3 Å². The van der Waals surface area contributed by atoms with Gasteiger partial charge >= 0.3 is 0 Å². The third-order valence-electron chi connectivity index (χ3n) is 12.5. The quantitative estimate of drug-likeness (QED) is 0.174. The monoisotopic (exact) mass is 783 g/mol. The van der Waals surface area contributed by atoms with Gasteiger partial charge in [0.1, 0.15) is 0 Å². The van der Waals surface area contributed by atoms with E-state index in [-0.39, 0.29) is 5.41 Å². The maximum Gasteiger partial charge on any atom is 0.164 e. The van der Waals surface area contributed by atoms with Crippen LogP contribution in [0.5, 0.6) is 0 Å². The summed E-state index contributed by atoms with van der Waals surface area (Å²) in [7, 11) is 0. The maximum absolute atomic E-state index is 5.30. The molecule has 0 aliphatic heterocycles. The Hall–Kier alpha value is -7.27. The number of benzene rings is 9. The second-order valence-corrected chi connectivity index (χ2v) is 17.4. The van der Waals surface area contributed by atoms with Crippen LogP contribution in [0.3, 0.4) is 0 Å².